The Hall–Kier alpha value is -2.64. The molecule has 0 bridgehead atoms. The number of ether oxygens (including phenoxy) is 2. The largest absolute Gasteiger partial charge is 0.504 e. The van der Waals surface area contributed by atoms with Crippen LogP contribution in [0, 0.1) is 0 Å². The third-order valence-corrected chi connectivity index (χ3v) is 5.63. The Balaban J connectivity index is 1.65. The summed E-state index contributed by atoms with van der Waals surface area (Å²) in [6.45, 7) is 4.98. The number of phenols is 1. The maximum atomic E-state index is 12.5. The van der Waals surface area contributed by atoms with Gasteiger partial charge in [-0.15, -0.1) is 11.3 Å². The van der Waals surface area contributed by atoms with Crippen molar-refractivity contribution < 1.29 is 19.4 Å². The number of fused-ring (bicyclic) bond motifs is 2. The van der Waals surface area contributed by atoms with Crippen molar-refractivity contribution in [3.8, 4) is 22.1 Å². The van der Waals surface area contributed by atoms with Crippen molar-refractivity contribution in [3.63, 3.8) is 0 Å². The van der Waals surface area contributed by atoms with Crippen molar-refractivity contribution in [1.29, 1.82) is 0 Å². The number of phenolic OH excluding ortho intramolecular Hbond substituents is 1. The van der Waals surface area contributed by atoms with Gasteiger partial charge >= 0.3 is 0 Å². The molecule has 28 heavy (non-hydrogen) atoms. The number of aromatic nitrogens is 1. The molecule has 1 amide bonds. The van der Waals surface area contributed by atoms with Gasteiger partial charge in [-0.2, -0.15) is 0 Å². The van der Waals surface area contributed by atoms with E-state index in [0.29, 0.717) is 25.4 Å². The molecule has 6 nitrogen and oxygen atoms in total. The highest BCUT2D eigenvalue weighted by atomic mass is 32.1. The first-order valence-corrected chi connectivity index (χ1v) is 10.1. The second-order valence-electron chi connectivity index (χ2n) is 6.99. The number of aromatic hydroxyl groups is 1. The Morgan fingerprint density at radius 1 is 1.36 bits per heavy atom. The van der Waals surface area contributed by atoms with Crippen LogP contribution < -0.4 is 4.74 Å². The molecule has 0 saturated carbocycles. The lowest BCUT2D eigenvalue weighted by Crippen LogP contribution is -2.35. The van der Waals surface area contributed by atoms with Crippen molar-refractivity contribution in [1.82, 2.24) is 9.88 Å². The first kappa shape index (κ1) is 18.7. The fraction of sp³-hybridized carbons (Fsp3) is 0.333. The third kappa shape index (κ3) is 3.81. The van der Waals surface area contributed by atoms with Crippen molar-refractivity contribution in [2.45, 2.75) is 26.5 Å². The fourth-order valence-electron chi connectivity index (χ4n) is 3.16. The second kappa shape index (κ2) is 7.77. The number of hydrogen-bond donors (Lipinski definition) is 1. The summed E-state index contributed by atoms with van der Waals surface area (Å²) in [5.41, 5.74) is 2.51. The van der Waals surface area contributed by atoms with E-state index in [9.17, 15) is 9.90 Å². The minimum atomic E-state index is -0.0879. The van der Waals surface area contributed by atoms with Crippen LogP contribution >= 0.6 is 11.3 Å². The van der Waals surface area contributed by atoms with E-state index in [1.165, 1.54) is 0 Å². The van der Waals surface area contributed by atoms with Gasteiger partial charge in [0.2, 0.25) is 5.91 Å². The maximum absolute atomic E-state index is 12.5. The van der Waals surface area contributed by atoms with Gasteiger partial charge in [0.15, 0.2) is 11.5 Å². The summed E-state index contributed by atoms with van der Waals surface area (Å²) in [5, 5.41) is 11.3. The third-order valence-electron chi connectivity index (χ3n) is 4.55. The number of para-hydroxylation sites is 1. The zero-order valence-corrected chi connectivity index (χ0v) is 16.7. The number of thiazole rings is 1. The van der Waals surface area contributed by atoms with Gasteiger partial charge in [-0.3, -0.25) is 4.79 Å². The molecular formula is C21H22N2O4S. The van der Waals surface area contributed by atoms with Crippen LogP contribution in [0.3, 0.4) is 0 Å². The highest BCUT2D eigenvalue weighted by molar-refractivity contribution is 7.21. The monoisotopic (exact) mass is 398 g/mol. The standard InChI is InChI=1S/C21H22N2O4S/c1-13(2)27-12-19(25)23-7-8-26-20-15(11-23)9-14(10-17(20)24)21-22-16-5-3-4-6-18(16)28-21/h3-6,9-10,13,24H,7-8,11-12H2,1-2H3. The Morgan fingerprint density at radius 2 is 2.18 bits per heavy atom. The van der Waals surface area contributed by atoms with Gasteiger partial charge in [0.05, 0.1) is 22.9 Å². The van der Waals surface area contributed by atoms with Crippen molar-refractivity contribution in [2.75, 3.05) is 19.8 Å². The second-order valence-corrected chi connectivity index (χ2v) is 8.02. The van der Waals surface area contributed by atoms with Crippen molar-refractivity contribution in [2.24, 2.45) is 0 Å². The molecule has 1 aliphatic heterocycles. The zero-order chi connectivity index (χ0) is 19.7. The highest BCUT2D eigenvalue weighted by Gasteiger charge is 2.23. The van der Waals surface area contributed by atoms with Crippen LogP contribution in [0.1, 0.15) is 19.4 Å². The SMILES string of the molecule is CC(C)OCC(=O)N1CCOc2c(O)cc(-c3nc4ccccc4s3)cc2C1. The molecule has 2 aromatic carbocycles. The summed E-state index contributed by atoms with van der Waals surface area (Å²) >= 11 is 1.57. The Kier molecular flexibility index (Phi) is 5.19. The summed E-state index contributed by atoms with van der Waals surface area (Å²) in [6, 6.07) is 11.6. The van der Waals surface area contributed by atoms with E-state index in [1.54, 1.807) is 22.3 Å². The predicted molar refractivity (Wildman–Crippen MR) is 109 cm³/mol. The number of nitrogens with zero attached hydrogens (tertiary/aromatic N) is 2. The average Bonchev–Trinajstić information content (AvgIpc) is 2.99. The lowest BCUT2D eigenvalue weighted by atomic mass is 10.1. The smallest absolute Gasteiger partial charge is 0.249 e. The van der Waals surface area contributed by atoms with E-state index in [2.05, 4.69) is 4.98 Å². The Labute approximate surface area is 167 Å². The fourth-order valence-corrected chi connectivity index (χ4v) is 4.11. The first-order valence-electron chi connectivity index (χ1n) is 9.25. The quantitative estimate of drug-likeness (QED) is 0.723. The lowest BCUT2D eigenvalue weighted by Gasteiger charge is -2.20. The summed E-state index contributed by atoms with van der Waals surface area (Å²) in [4.78, 5) is 18.9. The zero-order valence-electron chi connectivity index (χ0n) is 15.8. The number of hydrogen-bond acceptors (Lipinski definition) is 6. The summed E-state index contributed by atoms with van der Waals surface area (Å²) < 4.78 is 12.3. The number of carbonyl (C=O) groups excluding carboxylic acids is 1. The van der Waals surface area contributed by atoms with Crippen LogP contribution in [-0.2, 0) is 16.1 Å². The first-order chi connectivity index (χ1) is 13.5. The molecule has 0 unspecified atom stereocenters. The molecule has 0 fully saturated rings. The topological polar surface area (TPSA) is 71.9 Å². The molecule has 0 saturated heterocycles. The molecule has 1 N–H and O–H groups in total. The molecule has 0 radical (unpaired) electrons. The number of carbonyl (C=O) groups is 1. The highest BCUT2D eigenvalue weighted by Crippen LogP contribution is 2.39. The normalized spacial score (nSPS) is 14.0. The molecule has 2 heterocycles. The molecule has 1 aromatic heterocycles. The van der Waals surface area contributed by atoms with Crippen LogP contribution in [0.15, 0.2) is 36.4 Å². The molecule has 1 aliphatic rings. The Bertz CT molecular complexity index is 982. The van der Waals surface area contributed by atoms with Crippen molar-refractivity contribution >= 4 is 27.5 Å². The van der Waals surface area contributed by atoms with Gasteiger partial charge in [0.1, 0.15) is 18.2 Å². The molecule has 146 valence electrons. The van der Waals surface area contributed by atoms with Crippen LogP contribution in [0.5, 0.6) is 11.5 Å². The number of rotatable bonds is 4. The van der Waals surface area contributed by atoms with E-state index < -0.39 is 0 Å². The maximum Gasteiger partial charge on any atom is 0.249 e. The minimum Gasteiger partial charge on any atom is -0.504 e. The van der Waals surface area contributed by atoms with E-state index >= 15 is 0 Å². The van der Waals surface area contributed by atoms with Gasteiger partial charge in [0.25, 0.3) is 0 Å². The van der Waals surface area contributed by atoms with E-state index in [4.69, 9.17) is 9.47 Å². The van der Waals surface area contributed by atoms with E-state index in [0.717, 1.165) is 26.4 Å². The van der Waals surface area contributed by atoms with E-state index in [1.807, 2.05) is 44.2 Å². The molecule has 7 heteroatoms. The van der Waals surface area contributed by atoms with Gasteiger partial charge in [-0.05, 0) is 38.1 Å². The van der Waals surface area contributed by atoms with Crippen LogP contribution in [-0.4, -0.2) is 46.8 Å². The number of amides is 1. The molecule has 3 aromatic rings. The molecule has 4 rings (SSSR count). The minimum absolute atomic E-state index is 0.00542. The summed E-state index contributed by atoms with van der Waals surface area (Å²) in [7, 11) is 0. The Morgan fingerprint density at radius 3 is 2.96 bits per heavy atom. The average molecular weight is 398 g/mol. The van der Waals surface area contributed by atoms with Gasteiger partial charge in [-0.1, -0.05) is 12.1 Å². The van der Waals surface area contributed by atoms with E-state index in [-0.39, 0.29) is 24.4 Å². The predicted octanol–water partition coefficient (Wildman–Crippen LogP) is 3.81. The molecule has 0 aliphatic carbocycles. The summed E-state index contributed by atoms with van der Waals surface area (Å²) in [5.74, 6) is 0.416. The molecular weight excluding hydrogens is 376 g/mol. The van der Waals surface area contributed by atoms with Crippen LogP contribution in [0.2, 0.25) is 0 Å². The van der Waals surface area contributed by atoms with Gasteiger partial charge in [0, 0.05) is 17.7 Å². The number of benzene rings is 2. The molecule has 0 spiro atoms. The molecule has 0 atom stereocenters. The van der Waals surface area contributed by atoms with Gasteiger partial charge in [-0.25, -0.2) is 4.98 Å². The van der Waals surface area contributed by atoms with Crippen LogP contribution in [0.4, 0.5) is 0 Å². The lowest BCUT2D eigenvalue weighted by molar-refractivity contribution is -0.138. The summed E-state index contributed by atoms with van der Waals surface area (Å²) in [6.07, 6.45) is -0.00542. The van der Waals surface area contributed by atoms with Crippen molar-refractivity contribution in [3.05, 3.63) is 42.0 Å². The van der Waals surface area contributed by atoms with Crippen LogP contribution in [0.25, 0.3) is 20.8 Å². The van der Waals surface area contributed by atoms with Gasteiger partial charge < -0.3 is 19.5 Å².